The Bertz CT molecular complexity index is 579. The highest BCUT2D eigenvalue weighted by molar-refractivity contribution is 5.82. The lowest BCUT2D eigenvalue weighted by molar-refractivity contribution is 0.0724. The summed E-state index contributed by atoms with van der Waals surface area (Å²) in [4.78, 5) is 16.7. The predicted molar refractivity (Wildman–Crippen MR) is 80.7 cm³/mol. The number of rotatable bonds is 3. The van der Waals surface area contributed by atoms with E-state index in [1.807, 2.05) is 12.1 Å². The topological polar surface area (TPSA) is 34.9 Å². The van der Waals surface area contributed by atoms with Crippen LogP contribution in [0.3, 0.4) is 0 Å². The van der Waals surface area contributed by atoms with Crippen LogP contribution in [0.1, 0.15) is 36.7 Å². The van der Waals surface area contributed by atoms with E-state index in [0.29, 0.717) is 0 Å². The van der Waals surface area contributed by atoms with Gasteiger partial charge in [0.1, 0.15) is 6.33 Å². The molecule has 3 nitrogen and oxygen atoms in total. The number of nitrogens with zero attached hydrogens (tertiary/aromatic N) is 2. The minimum atomic E-state index is -0.0936. The fraction of sp³-hybridized carbons (Fsp3) is 0.412. The van der Waals surface area contributed by atoms with Crippen molar-refractivity contribution < 1.29 is 4.79 Å². The van der Waals surface area contributed by atoms with Crippen LogP contribution in [0.15, 0.2) is 43.0 Å². The summed E-state index contributed by atoms with van der Waals surface area (Å²) in [7, 11) is 0. The summed E-state index contributed by atoms with van der Waals surface area (Å²) >= 11 is 0. The zero-order chi connectivity index (χ0) is 14.8. The van der Waals surface area contributed by atoms with Crippen LogP contribution in [0.2, 0.25) is 0 Å². The molecule has 106 valence electrons. The van der Waals surface area contributed by atoms with Gasteiger partial charge in [0.15, 0.2) is 0 Å². The van der Waals surface area contributed by atoms with E-state index >= 15 is 0 Å². The molecule has 0 N–H and O–H groups in total. The molecule has 0 amide bonds. The Labute approximate surface area is 120 Å². The third-order valence-corrected chi connectivity index (χ3v) is 3.79. The van der Waals surface area contributed by atoms with E-state index in [-0.39, 0.29) is 17.2 Å². The van der Waals surface area contributed by atoms with E-state index in [1.54, 1.807) is 23.3 Å². The van der Waals surface area contributed by atoms with E-state index in [2.05, 4.69) is 44.8 Å². The maximum atomic E-state index is 12.7. The number of benzene rings is 1. The van der Waals surface area contributed by atoms with Gasteiger partial charge < -0.3 is 0 Å². The molecule has 20 heavy (non-hydrogen) atoms. The van der Waals surface area contributed by atoms with Crippen molar-refractivity contribution in [3.63, 3.8) is 0 Å². The highest BCUT2D eigenvalue weighted by Crippen LogP contribution is 2.31. The number of carbonyl (C=O) groups is 1. The number of imidazole rings is 1. The van der Waals surface area contributed by atoms with Gasteiger partial charge in [-0.05, 0) is 29.9 Å². The van der Waals surface area contributed by atoms with Crippen LogP contribution >= 0.6 is 0 Å². The summed E-state index contributed by atoms with van der Waals surface area (Å²) in [5, 5.41) is 0. The molecule has 0 aliphatic rings. The molecule has 0 saturated heterocycles. The Balaban J connectivity index is 2.30. The summed E-state index contributed by atoms with van der Waals surface area (Å²) in [6.07, 6.45) is 5.70. The molecule has 0 aliphatic heterocycles. The van der Waals surface area contributed by atoms with E-state index in [4.69, 9.17) is 0 Å². The van der Waals surface area contributed by atoms with Gasteiger partial charge in [-0.15, -0.1) is 0 Å². The van der Waals surface area contributed by atoms with Crippen molar-refractivity contribution in [3.8, 4) is 0 Å². The first-order chi connectivity index (χ1) is 9.39. The van der Waals surface area contributed by atoms with Crippen LogP contribution in [0.4, 0.5) is 0 Å². The van der Waals surface area contributed by atoms with Gasteiger partial charge in [-0.2, -0.15) is 0 Å². The smallest absolute Gasteiger partial charge is 0.235 e. The Morgan fingerprint density at radius 3 is 2.55 bits per heavy atom. The van der Waals surface area contributed by atoms with Crippen molar-refractivity contribution in [3.05, 3.63) is 54.1 Å². The maximum Gasteiger partial charge on any atom is 0.235 e. The van der Waals surface area contributed by atoms with Crippen molar-refractivity contribution in [2.45, 2.75) is 34.1 Å². The molecule has 1 heterocycles. The lowest BCUT2D eigenvalue weighted by Crippen LogP contribution is -2.33. The van der Waals surface area contributed by atoms with Crippen molar-refractivity contribution in [1.82, 2.24) is 9.55 Å². The normalized spacial score (nSPS) is 13.2. The molecule has 0 saturated carbocycles. The molecule has 2 aromatic rings. The zero-order valence-electron chi connectivity index (χ0n) is 12.6. The zero-order valence-corrected chi connectivity index (χ0v) is 12.6. The van der Waals surface area contributed by atoms with Crippen LogP contribution in [-0.4, -0.2) is 15.5 Å². The highest BCUT2D eigenvalue weighted by atomic mass is 16.2. The van der Waals surface area contributed by atoms with Crippen LogP contribution in [0.5, 0.6) is 0 Å². The number of hydrogen-bond donors (Lipinski definition) is 0. The van der Waals surface area contributed by atoms with E-state index in [9.17, 15) is 4.79 Å². The standard InChI is InChI=1S/C17H22N2O/c1-13-7-5-6-8-14(13)11-15(17(2,3)4)16(20)19-10-9-18-12-19/h5-10,12,15H,11H2,1-4H3. The molecule has 1 unspecified atom stereocenters. The second-order valence-electron chi connectivity index (χ2n) is 6.36. The number of aromatic nitrogens is 2. The second-order valence-corrected chi connectivity index (χ2v) is 6.36. The molecule has 0 fully saturated rings. The molecule has 1 aromatic carbocycles. The monoisotopic (exact) mass is 270 g/mol. The van der Waals surface area contributed by atoms with Gasteiger partial charge in [0.25, 0.3) is 0 Å². The number of carbonyl (C=O) groups excluding carboxylic acids is 1. The number of aryl methyl sites for hydroxylation is 1. The highest BCUT2D eigenvalue weighted by Gasteiger charge is 2.32. The van der Waals surface area contributed by atoms with Crippen LogP contribution < -0.4 is 0 Å². The van der Waals surface area contributed by atoms with E-state index < -0.39 is 0 Å². The Morgan fingerprint density at radius 2 is 2.00 bits per heavy atom. The first-order valence-electron chi connectivity index (χ1n) is 6.96. The molecule has 0 spiro atoms. The van der Waals surface area contributed by atoms with Gasteiger partial charge in [0, 0.05) is 18.3 Å². The van der Waals surface area contributed by atoms with Crippen molar-refractivity contribution >= 4 is 5.91 Å². The molecule has 0 aliphatic carbocycles. The van der Waals surface area contributed by atoms with Crippen molar-refractivity contribution in [2.75, 3.05) is 0 Å². The fourth-order valence-corrected chi connectivity index (χ4v) is 2.39. The van der Waals surface area contributed by atoms with Crippen LogP contribution in [-0.2, 0) is 6.42 Å². The largest absolute Gasteiger partial charge is 0.276 e. The van der Waals surface area contributed by atoms with Crippen molar-refractivity contribution in [2.24, 2.45) is 11.3 Å². The molecule has 1 atom stereocenters. The minimum Gasteiger partial charge on any atom is -0.276 e. The third kappa shape index (κ3) is 3.16. The third-order valence-electron chi connectivity index (χ3n) is 3.79. The summed E-state index contributed by atoms with van der Waals surface area (Å²) in [5.41, 5.74) is 2.38. The average molecular weight is 270 g/mol. The van der Waals surface area contributed by atoms with Gasteiger partial charge in [0.2, 0.25) is 5.91 Å². The van der Waals surface area contributed by atoms with Crippen LogP contribution in [0.25, 0.3) is 0 Å². The average Bonchev–Trinajstić information content (AvgIpc) is 2.89. The molecule has 1 aromatic heterocycles. The summed E-state index contributed by atoms with van der Waals surface area (Å²) < 4.78 is 1.59. The van der Waals surface area contributed by atoms with Crippen LogP contribution in [0, 0.1) is 18.3 Å². The van der Waals surface area contributed by atoms with Gasteiger partial charge in [-0.3, -0.25) is 9.36 Å². The molecule has 0 radical (unpaired) electrons. The molecule has 3 heteroatoms. The molecular formula is C17H22N2O. The Hall–Kier alpha value is -1.90. The van der Waals surface area contributed by atoms with Gasteiger partial charge >= 0.3 is 0 Å². The van der Waals surface area contributed by atoms with Gasteiger partial charge in [-0.1, -0.05) is 45.0 Å². The quantitative estimate of drug-likeness (QED) is 0.851. The summed E-state index contributed by atoms with van der Waals surface area (Å²) in [6, 6.07) is 8.26. The lowest BCUT2D eigenvalue weighted by Gasteiger charge is -2.30. The fourth-order valence-electron chi connectivity index (χ4n) is 2.39. The lowest BCUT2D eigenvalue weighted by atomic mass is 9.76. The molecular weight excluding hydrogens is 248 g/mol. The Morgan fingerprint density at radius 1 is 1.30 bits per heavy atom. The number of hydrogen-bond acceptors (Lipinski definition) is 2. The molecule has 0 bridgehead atoms. The SMILES string of the molecule is Cc1ccccc1CC(C(=O)n1ccnc1)C(C)(C)C. The summed E-state index contributed by atoms with van der Waals surface area (Å²) in [6.45, 7) is 8.44. The van der Waals surface area contributed by atoms with Gasteiger partial charge in [0.05, 0.1) is 0 Å². The molecule has 2 rings (SSSR count). The Kier molecular flexibility index (Phi) is 4.07. The van der Waals surface area contributed by atoms with E-state index in [1.165, 1.54) is 11.1 Å². The first kappa shape index (κ1) is 14.5. The summed E-state index contributed by atoms with van der Waals surface area (Å²) in [5.74, 6) is 0.0380. The first-order valence-corrected chi connectivity index (χ1v) is 6.96. The minimum absolute atomic E-state index is 0.0715. The van der Waals surface area contributed by atoms with E-state index in [0.717, 1.165) is 6.42 Å². The van der Waals surface area contributed by atoms with Gasteiger partial charge in [-0.25, -0.2) is 4.98 Å². The predicted octanol–water partition coefficient (Wildman–Crippen LogP) is 3.74. The second kappa shape index (κ2) is 5.61. The van der Waals surface area contributed by atoms with Crippen molar-refractivity contribution in [1.29, 1.82) is 0 Å². The maximum absolute atomic E-state index is 12.7.